The first kappa shape index (κ1) is 28.2. The van der Waals surface area contributed by atoms with E-state index >= 15 is 0 Å². The van der Waals surface area contributed by atoms with Crippen LogP contribution in [0, 0.1) is 0 Å². The smallest absolute Gasteiger partial charge is 0.335 e. The lowest BCUT2D eigenvalue weighted by Crippen LogP contribution is -2.17. The number of rotatable bonds is 12. The van der Waals surface area contributed by atoms with Crippen LogP contribution in [0.15, 0.2) is 68.6 Å². The normalized spacial score (nSPS) is 10.8. The molecule has 10 heteroatoms. The first-order chi connectivity index (χ1) is 17.8. The van der Waals surface area contributed by atoms with Crippen molar-refractivity contribution in [3.8, 4) is 17.2 Å². The molecule has 0 aromatic heterocycles. The average Bonchev–Trinajstić information content (AvgIpc) is 2.87. The van der Waals surface area contributed by atoms with Crippen molar-refractivity contribution in [1.82, 2.24) is 5.43 Å². The maximum absolute atomic E-state index is 12.6. The van der Waals surface area contributed by atoms with Crippen LogP contribution in [-0.2, 0) is 6.61 Å². The second-order valence-electron chi connectivity index (χ2n) is 7.75. The van der Waals surface area contributed by atoms with Gasteiger partial charge in [0.25, 0.3) is 5.91 Å². The van der Waals surface area contributed by atoms with Crippen LogP contribution in [0.25, 0.3) is 0 Å². The number of carbonyl (C=O) groups is 2. The van der Waals surface area contributed by atoms with Crippen molar-refractivity contribution in [3.05, 3.63) is 85.8 Å². The topological polar surface area (TPSA) is 106 Å². The largest absolute Gasteiger partial charge is 0.490 e. The van der Waals surface area contributed by atoms with Crippen molar-refractivity contribution in [2.45, 2.75) is 26.9 Å². The highest BCUT2D eigenvalue weighted by molar-refractivity contribution is 9.11. The van der Waals surface area contributed by atoms with Crippen molar-refractivity contribution >= 4 is 50.0 Å². The molecule has 0 saturated heterocycles. The van der Waals surface area contributed by atoms with E-state index in [1.165, 1.54) is 18.3 Å². The summed E-state index contributed by atoms with van der Waals surface area (Å²) in [5.41, 5.74) is 4.68. The lowest BCUT2D eigenvalue weighted by Gasteiger charge is -2.12. The van der Waals surface area contributed by atoms with Gasteiger partial charge in [-0.25, -0.2) is 10.2 Å². The molecule has 8 nitrogen and oxygen atoms in total. The minimum absolute atomic E-state index is 0.217. The van der Waals surface area contributed by atoms with Gasteiger partial charge in [-0.3, -0.25) is 4.79 Å². The SMILES string of the molecule is CCCOc1ccc(C(=O)N/N=C/c2cc(Br)c(OCc3ccc(C(=O)O)cc3)c(Br)c2)cc1OCC. The van der Waals surface area contributed by atoms with E-state index in [1.54, 1.807) is 42.5 Å². The highest BCUT2D eigenvalue weighted by Gasteiger charge is 2.12. The number of carbonyl (C=O) groups excluding carboxylic acids is 1. The number of halogens is 2. The summed E-state index contributed by atoms with van der Waals surface area (Å²) in [6.07, 6.45) is 2.38. The summed E-state index contributed by atoms with van der Waals surface area (Å²) in [5.74, 6) is 0.326. The zero-order valence-electron chi connectivity index (χ0n) is 20.3. The molecule has 37 heavy (non-hydrogen) atoms. The van der Waals surface area contributed by atoms with Gasteiger partial charge in [0.15, 0.2) is 11.5 Å². The summed E-state index contributed by atoms with van der Waals surface area (Å²) >= 11 is 7.00. The van der Waals surface area contributed by atoms with Gasteiger partial charge in [0, 0.05) is 5.56 Å². The van der Waals surface area contributed by atoms with E-state index in [9.17, 15) is 9.59 Å². The van der Waals surface area contributed by atoms with Crippen molar-refractivity contribution in [3.63, 3.8) is 0 Å². The molecular formula is C27H26Br2N2O6. The number of hydrazone groups is 1. The van der Waals surface area contributed by atoms with Gasteiger partial charge in [0.05, 0.1) is 33.9 Å². The lowest BCUT2D eigenvalue weighted by molar-refractivity contribution is 0.0696. The van der Waals surface area contributed by atoms with Gasteiger partial charge in [-0.05, 0) is 98.8 Å². The zero-order chi connectivity index (χ0) is 26.8. The molecule has 194 valence electrons. The van der Waals surface area contributed by atoms with Gasteiger partial charge in [-0.15, -0.1) is 0 Å². The number of nitrogens with one attached hydrogen (secondary N) is 1. The fourth-order valence-electron chi connectivity index (χ4n) is 3.17. The van der Waals surface area contributed by atoms with Gasteiger partial charge in [-0.1, -0.05) is 19.1 Å². The van der Waals surface area contributed by atoms with Crippen molar-refractivity contribution < 1.29 is 28.9 Å². The number of ether oxygens (including phenoxy) is 3. The van der Waals surface area contributed by atoms with Crippen LogP contribution in [0.2, 0.25) is 0 Å². The summed E-state index contributed by atoms with van der Waals surface area (Å²) in [6.45, 7) is 5.15. The number of aromatic carboxylic acids is 1. The predicted molar refractivity (Wildman–Crippen MR) is 148 cm³/mol. The predicted octanol–water partition coefficient (Wildman–Crippen LogP) is 6.44. The zero-order valence-corrected chi connectivity index (χ0v) is 23.5. The Morgan fingerprint density at radius 2 is 1.59 bits per heavy atom. The van der Waals surface area contributed by atoms with Crippen LogP contribution >= 0.6 is 31.9 Å². The molecule has 0 fully saturated rings. The van der Waals surface area contributed by atoms with Crippen LogP contribution in [-0.4, -0.2) is 36.4 Å². The summed E-state index contributed by atoms with van der Waals surface area (Å²) in [4.78, 5) is 23.6. The molecule has 0 unspecified atom stereocenters. The quantitative estimate of drug-likeness (QED) is 0.176. The number of amides is 1. The Balaban J connectivity index is 1.63. The van der Waals surface area contributed by atoms with E-state index in [-0.39, 0.29) is 18.1 Å². The minimum atomic E-state index is -0.975. The Morgan fingerprint density at radius 3 is 2.22 bits per heavy atom. The highest BCUT2D eigenvalue weighted by Crippen LogP contribution is 2.35. The van der Waals surface area contributed by atoms with Gasteiger partial charge < -0.3 is 19.3 Å². The molecule has 0 aliphatic rings. The average molecular weight is 634 g/mol. The van der Waals surface area contributed by atoms with E-state index in [1.807, 2.05) is 13.8 Å². The van der Waals surface area contributed by atoms with Crippen LogP contribution in [0.4, 0.5) is 0 Å². The third-order valence-corrected chi connectivity index (χ3v) is 6.13. The molecule has 3 aromatic rings. The molecule has 0 bridgehead atoms. The van der Waals surface area contributed by atoms with E-state index in [0.29, 0.717) is 45.0 Å². The number of carboxylic acid groups (broad SMARTS) is 1. The summed E-state index contributed by atoms with van der Waals surface area (Å²) in [5, 5.41) is 13.1. The Bertz CT molecular complexity index is 1260. The fourth-order valence-corrected chi connectivity index (χ4v) is 4.62. The van der Waals surface area contributed by atoms with E-state index in [0.717, 1.165) is 17.5 Å². The van der Waals surface area contributed by atoms with Crippen LogP contribution < -0.4 is 19.6 Å². The number of benzene rings is 3. The Labute approximate surface area is 231 Å². The molecule has 0 radical (unpaired) electrons. The Kier molecular flexibility index (Phi) is 10.5. The van der Waals surface area contributed by atoms with E-state index < -0.39 is 5.97 Å². The molecule has 0 spiro atoms. The summed E-state index contributed by atoms with van der Waals surface area (Å²) < 4.78 is 18.5. The van der Waals surface area contributed by atoms with Gasteiger partial charge in [0.2, 0.25) is 0 Å². The molecular weight excluding hydrogens is 608 g/mol. The monoisotopic (exact) mass is 632 g/mol. The van der Waals surface area contributed by atoms with E-state index in [4.69, 9.17) is 19.3 Å². The first-order valence-corrected chi connectivity index (χ1v) is 13.1. The number of nitrogens with zero attached hydrogens (tertiary/aromatic N) is 1. The maximum atomic E-state index is 12.6. The number of hydrogen-bond acceptors (Lipinski definition) is 6. The molecule has 1 amide bonds. The fraction of sp³-hybridized carbons (Fsp3) is 0.222. The maximum Gasteiger partial charge on any atom is 0.335 e. The summed E-state index contributed by atoms with van der Waals surface area (Å²) in [7, 11) is 0. The molecule has 0 aliphatic carbocycles. The minimum Gasteiger partial charge on any atom is -0.490 e. The van der Waals surface area contributed by atoms with Gasteiger partial charge in [-0.2, -0.15) is 5.10 Å². The lowest BCUT2D eigenvalue weighted by atomic mass is 10.1. The Hall–Kier alpha value is -3.37. The second kappa shape index (κ2) is 13.8. The number of hydrogen-bond donors (Lipinski definition) is 2. The molecule has 0 atom stereocenters. The number of carboxylic acids is 1. The molecule has 2 N–H and O–H groups in total. The van der Waals surface area contributed by atoms with Gasteiger partial charge in [0.1, 0.15) is 12.4 Å². The second-order valence-corrected chi connectivity index (χ2v) is 9.46. The standard InChI is InChI=1S/C27H26Br2N2O6/c1-3-11-36-23-10-9-20(14-24(23)35-4-2)26(32)31-30-15-18-12-21(28)25(22(29)13-18)37-16-17-5-7-19(8-6-17)27(33)34/h5-10,12-15H,3-4,11,16H2,1-2H3,(H,31,32)(H,33,34)/b30-15+. The third kappa shape index (κ3) is 8.06. The molecule has 0 saturated carbocycles. The van der Waals surface area contributed by atoms with Crippen LogP contribution in [0.1, 0.15) is 52.1 Å². The van der Waals surface area contributed by atoms with Gasteiger partial charge >= 0.3 is 5.97 Å². The highest BCUT2D eigenvalue weighted by atomic mass is 79.9. The van der Waals surface area contributed by atoms with Crippen molar-refractivity contribution in [1.29, 1.82) is 0 Å². The molecule has 3 aromatic carbocycles. The first-order valence-electron chi connectivity index (χ1n) is 11.5. The van der Waals surface area contributed by atoms with Crippen molar-refractivity contribution in [2.24, 2.45) is 5.10 Å². The summed E-state index contributed by atoms with van der Waals surface area (Å²) in [6, 6.07) is 15.1. The van der Waals surface area contributed by atoms with Crippen LogP contribution in [0.5, 0.6) is 17.2 Å². The van der Waals surface area contributed by atoms with Crippen molar-refractivity contribution in [2.75, 3.05) is 13.2 Å². The molecule has 0 heterocycles. The van der Waals surface area contributed by atoms with Crippen LogP contribution in [0.3, 0.4) is 0 Å². The Morgan fingerprint density at radius 1 is 0.919 bits per heavy atom. The third-order valence-electron chi connectivity index (χ3n) is 4.95. The molecule has 3 rings (SSSR count). The van der Waals surface area contributed by atoms with E-state index in [2.05, 4.69) is 42.4 Å². The molecule has 0 aliphatic heterocycles.